The molecule has 1 saturated heterocycles. The van der Waals surface area contributed by atoms with Crippen molar-refractivity contribution in [1.82, 2.24) is 9.80 Å². The summed E-state index contributed by atoms with van der Waals surface area (Å²) in [6, 6.07) is 2.74. The van der Waals surface area contributed by atoms with Gasteiger partial charge in [-0.05, 0) is 18.2 Å². The molecule has 1 N–H and O–H groups in total. The number of nitrogens with zero attached hydrogens (tertiary/aromatic N) is 2. The molecule has 0 bridgehead atoms. The summed E-state index contributed by atoms with van der Waals surface area (Å²) in [5.41, 5.74) is -1.25. The molecule has 0 saturated carbocycles. The van der Waals surface area contributed by atoms with E-state index in [1.807, 2.05) is 0 Å². The summed E-state index contributed by atoms with van der Waals surface area (Å²) >= 11 is 5.63. The first-order valence-corrected chi connectivity index (χ1v) is 7.83. The summed E-state index contributed by atoms with van der Waals surface area (Å²) < 4.78 is 44.1. The summed E-state index contributed by atoms with van der Waals surface area (Å²) in [6.07, 6.45) is -4.59. The van der Waals surface area contributed by atoms with Gasteiger partial charge in [0.15, 0.2) is 0 Å². The van der Waals surface area contributed by atoms with Gasteiger partial charge in [0.25, 0.3) is 0 Å². The van der Waals surface area contributed by atoms with Gasteiger partial charge in [-0.1, -0.05) is 11.6 Å². The minimum Gasteiger partial charge on any atom is -0.383 e. The van der Waals surface area contributed by atoms with Gasteiger partial charge >= 0.3 is 12.2 Å². The zero-order valence-corrected chi connectivity index (χ0v) is 14.0. The quantitative estimate of drug-likeness (QED) is 0.891. The van der Waals surface area contributed by atoms with Crippen molar-refractivity contribution in [2.75, 3.05) is 51.8 Å². The summed E-state index contributed by atoms with van der Waals surface area (Å²) in [6.45, 7) is 3.58. The SMILES string of the molecule is COCCN1CCN(C(=O)Nc2ccc(Cl)cc2C(F)(F)F)CC1. The third-order valence-electron chi connectivity index (χ3n) is 3.80. The third kappa shape index (κ3) is 4.99. The largest absolute Gasteiger partial charge is 0.418 e. The molecule has 0 unspecified atom stereocenters. The summed E-state index contributed by atoms with van der Waals surface area (Å²) in [7, 11) is 1.62. The number of alkyl halides is 3. The molecule has 1 fully saturated rings. The van der Waals surface area contributed by atoms with Crippen LogP contribution in [0.4, 0.5) is 23.7 Å². The van der Waals surface area contributed by atoms with Gasteiger partial charge in [0.2, 0.25) is 0 Å². The van der Waals surface area contributed by atoms with Crippen LogP contribution in [-0.2, 0) is 10.9 Å². The Bertz CT molecular complexity index is 576. The van der Waals surface area contributed by atoms with Crippen LogP contribution in [-0.4, -0.2) is 62.3 Å². The molecule has 0 aliphatic carbocycles. The number of hydrogen-bond acceptors (Lipinski definition) is 3. The molecule has 134 valence electrons. The molecule has 1 aliphatic heterocycles. The van der Waals surface area contributed by atoms with Crippen LogP contribution in [0, 0.1) is 0 Å². The van der Waals surface area contributed by atoms with Crippen LogP contribution in [0.1, 0.15) is 5.56 Å². The monoisotopic (exact) mass is 365 g/mol. The number of anilines is 1. The zero-order valence-electron chi connectivity index (χ0n) is 13.2. The van der Waals surface area contributed by atoms with Crippen molar-refractivity contribution < 1.29 is 22.7 Å². The minimum absolute atomic E-state index is 0.0351. The third-order valence-corrected chi connectivity index (χ3v) is 4.03. The Morgan fingerprint density at radius 2 is 1.96 bits per heavy atom. The predicted molar refractivity (Wildman–Crippen MR) is 85.4 cm³/mol. The lowest BCUT2D eigenvalue weighted by molar-refractivity contribution is -0.136. The number of urea groups is 1. The zero-order chi connectivity index (χ0) is 17.7. The summed E-state index contributed by atoms with van der Waals surface area (Å²) in [5.74, 6) is 0. The first kappa shape index (κ1) is 18.8. The number of rotatable bonds is 4. The van der Waals surface area contributed by atoms with Gasteiger partial charge < -0.3 is 15.0 Å². The van der Waals surface area contributed by atoms with Gasteiger partial charge in [-0.15, -0.1) is 0 Å². The lowest BCUT2D eigenvalue weighted by atomic mass is 10.1. The van der Waals surface area contributed by atoms with Gasteiger partial charge in [-0.25, -0.2) is 4.79 Å². The highest BCUT2D eigenvalue weighted by molar-refractivity contribution is 6.30. The maximum Gasteiger partial charge on any atom is 0.418 e. The number of amides is 2. The van der Waals surface area contributed by atoms with Crippen molar-refractivity contribution >= 4 is 23.3 Å². The number of ether oxygens (including phenoxy) is 1. The number of nitrogens with one attached hydrogen (secondary N) is 1. The molecule has 5 nitrogen and oxygen atoms in total. The van der Waals surface area contributed by atoms with Crippen molar-refractivity contribution in [3.05, 3.63) is 28.8 Å². The van der Waals surface area contributed by atoms with E-state index in [2.05, 4.69) is 10.2 Å². The second-order valence-corrected chi connectivity index (χ2v) is 5.88. The Balaban J connectivity index is 1.99. The standard InChI is InChI=1S/C15H19ClF3N3O2/c1-24-9-8-21-4-6-22(7-5-21)14(23)20-13-3-2-11(16)10-12(13)15(17,18)19/h2-3,10H,4-9H2,1H3,(H,20,23). The van der Waals surface area contributed by atoms with Crippen LogP contribution in [0.5, 0.6) is 0 Å². The van der Waals surface area contributed by atoms with Crippen LogP contribution < -0.4 is 5.32 Å². The van der Waals surface area contributed by atoms with E-state index in [0.29, 0.717) is 32.8 Å². The van der Waals surface area contributed by atoms with E-state index in [4.69, 9.17) is 16.3 Å². The van der Waals surface area contributed by atoms with E-state index in [1.54, 1.807) is 7.11 Å². The van der Waals surface area contributed by atoms with E-state index >= 15 is 0 Å². The first-order chi connectivity index (χ1) is 11.3. The molecule has 1 aromatic carbocycles. The Morgan fingerprint density at radius 1 is 1.29 bits per heavy atom. The number of halogens is 4. The molecule has 0 aromatic heterocycles. The summed E-state index contributed by atoms with van der Waals surface area (Å²) in [4.78, 5) is 15.9. The minimum atomic E-state index is -4.59. The van der Waals surface area contributed by atoms with Crippen molar-refractivity contribution in [3.63, 3.8) is 0 Å². The second kappa shape index (κ2) is 8.04. The molecular weight excluding hydrogens is 347 g/mol. The van der Waals surface area contributed by atoms with Crippen molar-refractivity contribution in [2.45, 2.75) is 6.18 Å². The maximum atomic E-state index is 13.0. The first-order valence-electron chi connectivity index (χ1n) is 7.45. The molecule has 24 heavy (non-hydrogen) atoms. The fourth-order valence-corrected chi connectivity index (χ4v) is 2.62. The maximum absolute atomic E-state index is 13.0. The molecule has 9 heteroatoms. The average molecular weight is 366 g/mol. The smallest absolute Gasteiger partial charge is 0.383 e. The second-order valence-electron chi connectivity index (χ2n) is 5.44. The Kier molecular flexibility index (Phi) is 6.31. The number of piperazine rings is 1. The van der Waals surface area contributed by atoms with Crippen LogP contribution in [0.25, 0.3) is 0 Å². The fraction of sp³-hybridized carbons (Fsp3) is 0.533. The van der Waals surface area contributed by atoms with E-state index in [0.717, 1.165) is 18.7 Å². The molecule has 1 aliphatic rings. The number of methoxy groups -OCH3 is 1. The van der Waals surface area contributed by atoms with Gasteiger partial charge in [0.05, 0.1) is 17.9 Å². The molecule has 2 rings (SSSR count). The van der Waals surface area contributed by atoms with Crippen molar-refractivity contribution in [1.29, 1.82) is 0 Å². The normalized spacial score (nSPS) is 16.3. The molecule has 2 amide bonds. The van der Waals surface area contributed by atoms with Gasteiger partial charge in [0.1, 0.15) is 0 Å². The van der Waals surface area contributed by atoms with Crippen LogP contribution in [0.2, 0.25) is 5.02 Å². The van der Waals surface area contributed by atoms with Crippen molar-refractivity contribution in [3.8, 4) is 0 Å². The topological polar surface area (TPSA) is 44.8 Å². The molecular formula is C15H19ClF3N3O2. The van der Waals surface area contributed by atoms with Crippen LogP contribution >= 0.6 is 11.6 Å². The van der Waals surface area contributed by atoms with Crippen LogP contribution in [0.15, 0.2) is 18.2 Å². The van der Waals surface area contributed by atoms with Crippen LogP contribution in [0.3, 0.4) is 0 Å². The Morgan fingerprint density at radius 3 is 2.54 bits per heavy atom. The van der Waals surface area contributed by atoms with Gasteiger partial charge in [-0.3, -0.25) is 4.90 Å². The van der Waals surface area contributed by atoms with E-state index in [1.165, 1.54) is 11.0 Å². The Hall–Kier alpha value is -1.51. The van der Waals surface area contributed by atoms with Crippen molar-refractivity contribution in [2.24, 2.45) is 0 Å². The van der Waals surface area contributed by atoms with E-state index in [-0.39, 0.29) is 10.7 Å². The number of carbonyl (C=O) groups is 1. The predicted octanol–water partition coefficient (Wildman–Crippen LogP) is 3.15. The summed E-state index contributed by atoms with van der Waals surface area (Å²) in [5, 5.41) is 2.30. The Labute approximate surface area is 143 Å². The van der Waals surface area contributed by atoms with E-state index < -0.39 is 17.8 Å². The molecule has 1 aromatic rings. The fourth-order valence-electron chi connectivity index (χ4n) is 2.45. The molecule has 0 radical (unpaired) electrons. The number of hydrogen-bond donors (Lipinski definition) is 1. The highest BCUT2D eigenvalue weighted by Gasteiger charge is 2.34. The van der Waals surface area contributed by atoms with Gasteiger partial charge in [0, 0.05) is 44.9 Å². The number of benzene rings is 1. The lowest BCUT2D eigenvalue weighted by Crippen LogP contribution is -2.50. The average Bonchev–Trinajstić information content (AvgIpc) is 2.54. The molecule has 0 spiro atoms. The highest BCUT2D eigenvalue weighted by atomic mass is 35.5. The highest BCUT2D eigenvalue weighted by Crippen LogP contribution is 2.36. The van der Waals surface area contributed by atoms with E-state index in [9.17, 15) is 18.0 Å². The molecule has 0 atom stereocenters. The molecule has 1 heterocycles. The number of carbonyl (C=O) groups excluding carboxylic acids is 1. The van der Waals surface area contributed by atoms with Gasteiger partial charge in [-0.2, -0.15) is 13.2 Å². The lowest BCUT2D eigenvalue weighted by Gasteiger charge is -2.34.